The predicted molar refractivity (Wildman–Crippen MR) is 72.3 cm³/mol. The van der Waals surface area contributed by atoms with Crippen molar-refractivity contribution in [2.45, 2.75) is 12.8 Å². The van der Waals surface area contributed by atoms with Crippen molar-refractivity contribution in [2.75, 3.05) is 20.3 Å². The normalized spacial score (nSPS) is 11.8. The van der Waals surface area contributed by atoms with Gasteiger partial charge in [0, 0.05) is 11.6 Å². The fourth-order valence-corrected chi connectivity index (χ4v) is 1.91. The Hall–Kier alpha value is -0.640. The Morgan fingerprint density at radius 3 is 2.81 bits per heavy atom. The highest BCUT2D eigenvalue weighted by Gasteiger charge is 2.00. The monoisotopic (exact) mass is 283 g/mol. The molecule has 0 spiro atoms. The van der Waals surface area contributed by atoms with Crippen LogP contribution in [0, 0.1) is 0 Å². The number of hydrogen-bond acceptors (Lipinski definition) is 2. The number of benzene rings is 1. The van der Waals surface area contributed by atoms with Crippen LogP contribution in [0.15, 0.2) is 34.3 Å². The van der Waals surface area contributed by atoms with Gasteiger partial charge in [-0.15, -0.1) is 0 Å². The number of ether oxygens (including phenoxy) is 1. The third-order valence-electron chi connectivity index (χ3n) is 2.30. The minimum Gasteiger partial charge on any atom is -0.380 e. The molecular formula is C13H18BrNO. The second-order valence-electron chi connectivity index (χ2n) is 3.65. The standard InChI is InChI=1S/C13H18BrNO/c1-16-10-11(5-4-8-15)9-12-6-2-3-7-13(12)14/h2-3,6-7,9H,4-5,8,10,15H2,1H3/b11-9+. The van der Waals surface area contributed by atoms with E-state index < -0.39 is 0 Å². The molecule has 0 saturated carbocycles. The van der Waals surface area contributed by atoms with Crippen LogP contribution in [0.3, 0.4) is 0 Å². The van der Waals surface area contributed by atoms with Crippen LogP contribution in [0.5, 0.6) is 0 Å². The summed E-state index contributed by atoms with van der Waals surface area (Å²) in [6.07, 6.45) is 4.16. The molecule has 2 nitrogen and oxygen atoms in total. The van der Waals surface area contributed by atoms with Gasteiger partial charge in [0.05, 0.1) is 6.61 Å². The minimum absolute atomic E-state index is 0.668. The van der Waals surface area contributed by atoms with Gasteiger partial charge in [-0.1, -0.05) is 40.2 Å². The van der Waals surface area contributed by atoms with Crippen LogP contribution in [0.2, 0.25) is 0 Å². The first kappa shape index (κ1) is 13.4. The summed E-state index contributed by atoms with van der Waals surface area (Å²) in [5.74, 6) is 0. The van der Waals surface area contributed by atoms with Crippen molar-refractivity contribution in [1.29, 1.82) is 0 Å². The van der Waals surface area contributed by atoms with E-state index in [1.165, 1.54) is 11.1 Å². The fraction of sp³-hybridized carbons (Fsp3) is 0.385. The third-order valence-corrected chi connectivity index (χ3v) is 3.02. The topological polar surface area (TPSA) is 35.2 Å². The lowest BCUT2D eigenvalue weighted by atomic mass is 10.1. The van der Waals surface area contributed by atoms with Gasteiger partial charge >= 0.3 is 0 Å². The molecule has 0 aliphatic carbocycles. The molecule has 2 N–H and O–H groups in total. The maximum Gasteiger partial charge on any atom is 0.0676 e. The van der Waals surface area contributed by atoms with Crippen LogP contribution in [0.4, 0.5) is 0 Å². The van der Waals surface area contributed by atoms with Crippen molar-refractivity contribution in [1.82, 2.24) is 0 Å². The average Bonchev–Trinajstić information content (AvgIpc) is 2.29. The Bertz CT molecular complexity index is 350. The molecule has 88 valence electrons. The third kappa shape index (κ3) is 4.47. The Kier molecular flexibility index (Phi) is 6.38. The summed E-state index contributed by atoms with van der Waals surface area (Å²) in [5.41, 5.74) is 7.98. The molecule has 0 aliphatic heterocycles. The molecule has 0 radical (unpaired) electrons. The highest BCUT2D eigenvalue weighted by molar-refractivity contribution is 9.10. The number of halogens is 1. The van der Waals surface area contributed by atoms with E-state index >= 15 is 0 Å². The first-order chi connectivity index (χ1) is 7.77. The fourth-order valence-electron chi connectivity index (χ4n) is 1.51. The zero-order valence-electron chi connectivity index (χ0n) is 9.58. The summed E-state index contributed by atoms with van der Waals surface area (Å²) in [4.78, 5) is 0. The number of nitrogens with two attached hydrogens (primary N) is 1. The highest BCUT2D eigenvalue weighted by Crippen LogP contribution is 2.20. The van der Waals surface area contributed by atoms with Crippen molar-refractivity contribution in [3.63, 3.8) is 0 Å². The van der Waals surface area contributed by atoms with E-state index in [1.807, 2.05) is 18.2 Å². The van der Waals surface area contributed by atoms with Crippen LogP contribution in [0.25, 0.3) is 6.08 Å². The van der Waals surface area contributed by atoms with Gasteiger partial charge < -0.3 is 10.5 Å². The van der Waals surface area contributed by atoms with E-state index in [9.17, 15) is 0 Å². The second kappa shape index (κ2) is 7.60. The predicted octanol–water partition coefficient (Wildman–Crippen LogP) is 3.22. The van der Waals surface area contributed by atoms with E-state index in [1.54, 1.807) is 7.11 Å². The van der Waals surface area contributed by atoms with Gasteiger partial charge in [0.1, 0.15) is 0 Å². The molecule has 0 fully saturated rings. The molecule has 0 unspecified atom stereocenters. The van der Waals surface area contributed by atoms with Crippen LogP contribution < -0.4 is 5.73 Å². The molecule has 1 rings (SSSR count). The Labute approximate surface area is 106 Å². The summed E-state index contributed by atoms with van der Waals surface area (Å²) in [6, 6.07) is 8.17. The maximum absolute atomic E-state index is 5.52. The maximum atomic E-state index is 5.52. The summed E-state index contributed by atoms with van der Waals surface area (Å²) < 4.78 is 6.30. The lowest BCUT2D eigenvalue weighted by Crippen LogP contribution is -2.01. The van der Waals surface area contributed by atoms with Gasteiger partial charge in [0.15, 0.2) is 0 Å². The van der Waals surface area contributed by atoms with Gasteiger partial charge in [-0.2, -0.15) is 0 Å². The zero-order valence-corrected chi connectivity index (χ0v) is 11.2. The molecule has 0 aliphatic rings. The highest BCUT2D eigenvalue weighted by atomic mass is 79.9. The van der Waals surface area contributed by atoms with Crippen molar-refractivity contribution in [3.8, 4) is 0 Å². The first-order valence-electron chi connectivity index (χ1n) is 5.41. The Morgan fingerprint density at radius 2 is 2.19 bits per heavy atom. The van der Waals surface area contributed by atoms with Gasteiger partial charge in [-0.25, -0.2) is 0 Å². The number of hydrogen-bond donors (Lipinski definition) is 1. The minimum atomic E-state index is 0.668. The quantitative estimate of drug-likeness (QED) is 0.870. The molecule has 0 atom stereocenters. The van der Waals surface area contributed by atoms with Crippen LogP contribution in [0.1, 0.15) is 18.4 Å². The van der Waals surface area contributed by atoms with Crippen molar-refractivity contribution in [3.05, 3.63) is 39.9 Å². The lowest BCUT2D eigenvalue weighted by Gasteiger charge is -2.06. The molecule has 0 amide bonds. The van der Waals surface area contributed by atoms with Crippen LogP contribution >= 0.6 is 15.9 Å². The molecule has 0 heterocycles. The molecule has 1 aromatic carbocycles. The smallest absolute Gasteiger partial charge is 0.0676 e. The van der Waals surface area contributed by atoms with Gasteiger partial charge in [0.25, 0.3) is 0 Å². The summed E-state index contributed by atoms with van der Waals surface area (Å²) in [7, 11) is 1.72. The van der Waals surface area contributed by atoms with E-state index in [-0.39, 0.29) is 0 Å². The second-order valence-corrected chi connectivity index (χ2v) is 4.50. The molecule has 16 heavy (non-hydrogen) atoms. The SMILES string of the molecule is COC/C(=C/c1ccccc1Br)CCCN. The van der Waals surface area contributed by atoms with Crippen molar-refractivity contribution in [2.24, 2.45) is 5.73 Å². The largest absolute Gasteiger partial charge is 0.380 e. The summed E-state index contributed by atoms with van der Waals surface area (Å²) in [6.45, 7) is 1.39. The summed E-state index contributed by atoms with van der Waals surface area (Å²) in [5, 5.41) is 0. The molecule has 3 heteroatoms. The van der Waals surface area contributed by atoms with Crippen LogP contribution in [-0.4, -0.2) is 20.3 Å². The van der Waals surface area contributed by atoms with Gasteiger partial charge in [0.2, 0.25) is 0 Å². The van der Waals surface area contributed by atoms with Crippen molar-refractivity contribution < 1.29 is 4.74 Å². The number of rotatable bonds is 6. The molecular weight excluding hydrogens is 266 g/mol. The van der Waals surface area contributed by atoms with Gasteiger partial charge in [-0.05, 0) is 36.6 Å². The molecule has 0 saturated heterocycles. The van der Waals surface area contributed by atoms with Gasteiger partial charge in [-0.3, -0.25) is 0 Å². The zero-order chi connectivity index (χ0) is 11.8. The van der Waals surface area contributed by atoms with E-state index in [0.29, 0.717) is 6.61 Å². The first-order valence-corrected chi connectivity index (χ1v) is 6.20. The number of methoxy groups -OCH3 is 1. The average molecular weight is 284 g/mol. The van der Waals surface area contributed by atoms with E-state index in [4.69, 9.17) is 10.5 Å². The summed E-state index contributed by atoms with van der Waals surface area (Å²) >= 11 is 3.53. The molecule has 0 aromatic heterocycles. The Morgan fingerprint density at radius 1 is 1.44 bits per heavy atom. The molecule has 1 aromatic rings. The lowest BCUT2D eigenvalue weighted by molar-refractivity contribution is 0.223. The molecule has 0 bridgehead atoms. The van der Waals surface area contributed by atoms with E-state index in [2.05, 4.69) is 28.1 Å². The van der Waals surface area contributed by atoms with Crippen LogP contribution in [-0.2, 0) is 4.74 Å². The van der Waals surface area contributed by atoms with E-state index in [0.717, 1.165) is 23.9 Å². The Balaban J connectivity index is 2.79. The van der Waals surface area contributed by atoms with Crippen molar-refractivity contribution >= 4 is 22.0 Å².